The van der Waals surface area contributed by atoms with Crippen molar-refractivity contribution < 1.29 is 4.79 Å². The van der Waals surface area contributed by atoms with Crippen LogP contribution in [0.5, 0.6) is 0 Å². The Labute approximate surface area is 122 Å². The van der Waals surface area contributed by atoms with Crippen LogP contribution in [0.4, 0.5) is 5.69 Å². The number of aromatic nitrogens is 2. The van der Waals surface area contributed by atoms with E-state index in [2.05, 4.69) is 11.1 Å². The van der Waals surface area contributed by atoms with Crippen LogP contribution in [-0.2, 0) is 6.42 Å². The molecule has 1 aliphatic rings. The van der Waals surface area contributed by atoms with E-state index in [0.29, 0.717) is 5.56 Å². The molecule has 3 heterocycles. The number of hydrogen-bond acceptors (Lipinski definition) is 2. The van der Waals surface area contributed by atoms with Crippen molar-refractivity contribution in [3.8, 4) is 0 Å². The highest BCUT2D eigenvalue weighted by atomic mass is 16.2. The minimum Gasteiger partial charge on any atom is -0.308 e. The number of carbonyl (C=O) groups excluding carboxylic acids is 1. The maximum Gasteiger partial charge on any atom is 0.258 e. The molecule has 0 saturated heterocycles. The molecule has 4 rings (SSSR count). The van der Waals surface area contributed by atoms with E-state index in [0.717, 1.165) is 30.6 Å². The molecule has 1 aliphatic heterocycles. The van der Waals surface area contributed by atoms with Crippen molar-refractivity contribution in [1.29, 1.82) is 0 Å². The first-order valence-corrected chi connectivity index (χ1v) is 7.14. The molecule has 0 spiro atoms. The molecule has 0 atom stereocenters. The fourth-order valence-corrected chi connectivity index (χ4v) is 2.95. The summed E-state index contributed by atoms with van der Waals surface area (Å²) in [6.07, 6.45) is 7.44. The van der Waals surface area contributed by atoms with Crippen molar-refractivity contribution in [2.45, 2.75) is 12.8 Å². The van der Waals surface area contributed by atoms with Gasteiger partial charge in [-0.25, -0.2) is 4.98 Å². The first-order valence-electron chi connectivity index (χ1n) is 7.14. The number of hydrogen-bond donors (Lipinski definition) is 0. The molecule has 0 radical (unpaired) electrons. The number of para-hydroxylation sites is 1. The zero-order valence-corrected chi connectivity index (χ0v) is 11.6. The number of carbonyl (C=O) groups is 1. The molecule has 0 unspecified atom stereocenters. The second-order valence-corrected chi connectivity index (χ2v) is 5.33. The van der Waals surface area contributed by atoms with Crippen molar-refractivity contribution in [1.82, 2.24) is 9.38 Å². The van der Waals surface area contributed by atoms with Crippen molar-refractivity contribution in [3.63, 3.8) is 0 Å². The molecule has 4 heteroatoms. The molecular weight excluding hydrogens is 262 g/mol. The molecule has 0 N–H and O–H groups in total. The lowest BCUT2D eigenvalue weighted by molar-refractivity contribution is 0.0985. The fourth-order valence-electron chi connectivity index (χ4n) is 2.95. The summed E-state index contributed by atoms with van der Waals surface area (Å²) in [5.74, 6) is 0.0610. The second-order valence-electron chi connectivity index (χ2n) is 5.33. The van der Waals surface area contributed by atoms with E-state index in [1.165, 1.54) is 5.56 Å². The van der Waals surface area contributed by atoms with E-state index < -0.39 is 0 Å². The standard InChI is InChI=1S/C17H15N3O/c21-17(14-7-9-19-12-18-11-15(19)10-14)20-8-3-5-13-4-1-2-6-16(13)20/h1-2,4,6-7,9-12H,3,5,8H2. The van der Waals surface area contributed by atoms with Gasteiger partial charge in [-0.1, -0.05) is 18.2 Å². The third-order valence-corrected chi connectivity index (χ3v) is 4.02. The van der Waals surface area contributed by atoms with Crippen molar-refractivity contribution in [2.24, 2.45) is 0 Å². The van der Waals surface area contributed by atoms with E-state index in [1.807, 2.05) is 45.8 Å². The van der Waals surface area contributed by atoms with Crippen molar-refractivity contribution >= 4 is 17.1 Å². The molecule has 2 aromatic heterocycles. The Morgan fingerprint density at radius 2 is 2.10 bits per heavy atom. The van der Waals surface area contributed by atoms with Crippen molar-refractivity contribution in [2.75, 3.05) is 11.4 Å². The number of anilines is 1. The van der Waals surface area contributed by atoms with Gasteiger partial charge in [-0.2, -0.15) is 0 Å². The number of benzene rings is 1. The van der Waals surface area contributed by atoms with Gasteiger partial charge < -0.3 is 9.30 Å². The SMILES string of the molecule is O=C(c1ccn2cncc2c1)N1CCCc2ccccc21. The lowest BCUT2D eigenvalue weighted by Crippen LogP contribution is -2.35. The van der Waals surface area contributed by atoms with E-state index >= 15 is 0 Å². The number of aryl methyl sites for hydroxylation is 1. The molecule has 4 nitrogen and oxygen atoms in total. The molecule has 21 heavy (non-hydrogen) atoms. The number of amides is 1. The van der Waals surface area contributed by atoms with E-state index in [4.69, 9.17) is 0 Å². The van der Waals surface area contributed by atoms with Crippen LogP contribution >= 0.6 is 0 Å². The number of pyridine rings is 1. The predicted molar refractivity (Wildman–Crippen MR) is 81.6 cm³/mol. The predicted octanol–water partition coefficient (Wildman–Crippen LogP) is 2.93. The summed E-state index contributed by atoms with van der Waals surface area (Å²) in [5, 5.41) is 0. The summed E-state index contributed by atoms with van der Waals surface area (Å²) in [6, 6.07) is 11.9. The first-order chi connectivity index (χ1) is 10.3. The summed E-state index contributed by atoms with van der Waals surface area (Å²) >= 11 is 0. The zero-order chi connectivity index (χ0) is 14.2. The molecular formula is C17H15N3O. The Bertz CT molecular complexity index is 822. The fraction of sp³-hybridized carbons (Fsp3) is 0.176. The van der Waals surface area contributed by atoms with E-state index in [9.17, 15) is 4.79 Å². The van der Waals surface area contributed by atoms with Gasteiger partial charge in [-0.3, -0.25) is 4.79 Å². The maximum atomic E-state index is 12.8. The van der Waals surface area contributed by atoms with Crippen LogP contribution in [0.1, 0.15) is 22.3 Å². The summed E-state index contributed by atoms with van der Waals surface area (Å²) < 4.78 is 1.90. The number of nitrogens with zero attached hydrogens (tertiary/aromatic N) is 3. The van der Waals surface area contributed by atoms with Crippen LogP contribution in [0, 0.1) is 0 Å². The average Bonchev–Trinajstić information content (AvgIpc) is 3.01. The molecule has 0 aliphatic carbocycles. The summed E-state index contributed by atoms with van der Waals surface area (Å²) in [5.41, 5.74) is 3.94. The van der Waals surface area contributed by atoms with Crippen LogP contribution in [-0.4, -0.2) is 21.8 Å². The van der Waals surface area contributed by atoms with Gasteiger partial charge in [-0.15, -0.1) is 0 Å². The summed E-state index contributed by atoms with van der Waals surface area (Å²) in [6.45, 7) is 0.778. The highest BCUT2D eigenvalue weighted by Crippen LogP contribution is 2.28. The van der Waals surface area contributed by atoms with Crippen LogP contribution in [0.25, 0.3) is 5.52 Å². The lowest BCUT2D eigenvalue weighted by Gasteiger charge is -2.29. The summed E-state index contributed by atoms with van der Waals surface area (Å²) in [7, 11) is 0. The van der Waals surface area contributed by atoms with E-state index in [-0.39, 0.29) is 5.91 Å². The van der Waals surface area contributed by atoms with Gasteiger partial charge in [0.15, 0.2) is 0 Å². The normalized spacial score (nSPS) is 14.2. The molecule has 0 fully saturated rings. The molecule has 0 bridgehead atoms. The van der Waals surface area contributed by atoms with Crippen LogP contribution in [0.2, 0.25) is 0 Å². The number of imidazole rings is 1. The minimum absolute atomic E-state index is 0.0610. The molecule has 1 amide bonds. The quantitative estimate of drug-likeness (QED) is 0.686. The average molecular weight is 277 g/mol. The van der Waals surface area contributed by atoms with Gasteiger partial charge in [0.2, 0.25) is 0 Å². The maximum absolute atomic E-state index is 12.8. The third kappa shape index (κ3) is 2.00. The largest absolute Gasteiger partial charge is 0.308 e. The first kappa shape index (κ1) is 12.1. The van der Waals surface area contributed by atoms with Gasteiger partial charge >= 0.3 is 0 Å². The monoisotopic (exact) mass is 277 g/mol. The van der Waals surface area contributed by atoms with Crippen LogP contribution < -0.4 is 4.90 Å². The van der Waals surface area contributed by atoms with Crippen LogP contribution in [0.3, 0.4) is 0 Å². The topological polar surface area (TPSA) is 37.6 Å². The number of fused-ring (bicyclic) bond motifs is 2. The minimum atomic E-state index is 0.0610. The Morgan fingerprint density at radius 1 is 1.19 bits per heavy atom. The number of rotatable bonds is 1. The molecule has 0 saturated carbocycles. The Hall–Kier alpha value is -2.62. The van der Waals surface area contributed by atoms with Gasteiger partial charge in [-0.05, 0) is 36.6 Å². The van der Waals surface area contributed by atoms with Crippen LogP contribution in [0.15, 0.2) is 55.1 Å². The third-order valence-electron chi connectivity index (χ3n) is 4.02. The Morgan fingerprint density at radius 3 is 3.05 bits per heavy atom. The highest BCUT2D eigenvalue weighted by Gasteiger charge is 2.23. The van der Waals surface area contributed by atoms with E-state index in [1.54, 1.807) is 12.5 Å². The Balaban J connectivity index is 1.75. The van der Waals surface area contributed by atoms with Gasteiger partial charge in [0.05, 0.1) is 18.0 Å². The van der Waals surface area contributed by atoms with Crippen molar-refractivity contribution in [3.05, 3.63) is 66.2 Å². The molecule has 104 valence electrons. The van der Waals surface area contributed by atoms with Gasteiger partial charge in [0.25, 0.3) is 5.91 Å². The smallest absolute Gasteiger partial charge is 0.258 e. The molecule has 1 aromatic carbocycles. The van der Waals surface area contributed by atoms with Gasteiger partial charge in [0.1, 0.15) is 0 Å². The highest BCUT2D eigenvalue weighted by molar-refractivity contribution is 6.07. The van der Waals surface area contributed by atoms with Gasteiger partial charge in [0, 0.05) is 24.0 Å². The Kier molecular flexibility index (Phi) is 2.74. The molecule has 3 aromatic rings. The summed E-state index contributed by atoms with van der Waals surface area (Å²) in [4.78, 5) is 18.8. The second kappa shape index (κ2) is 4.74. The zero-order valence-electron chi connectivity index (χ0n) is 11.6. The lowest BCUT2D eigenvalue weighted by atomic mass is 10.0.